The summed E-state index contributed by atoms with van der Waals surface area (Å²) in [6.07, 6.45) is -0.0420. The first kappa shape index (κ1) is 17.5. The van der Waals surface area contributed by atoms with Crippen molar-refractivity contribution in [3.8, 4) is 5.75 Å². The molecule has 0 aromatic heterocycles. The van der Waals surface area contributed by atoms with Crippen LogP contribution in [0.2, 0.25) is 0 Å². The number of amides is 1. The lowest BCUT2D eigenvalue weighted by Gasteiger charge is -2.26. The number of benzene rings is 1. The zero-order valence-electron chi connectivity index (χ0n) is 14.3. The number of halogens is 1. The van der Waals surface area contributed by atoms with Gasteiger partial charge in [-0.3, -0.25) is 0 Å². The fourth-order valence-electron chi connectivity index (χ4n) is 2.59. The summed E-state index contributed by atoms with van der Waals surface area (Å²) in [5, 5.41) is 2.72. The quantitative estimate of drug-likeness (QED) is 0.896. The summed E-state index contributed by atoms with van der Waals surface area (Å²) in [6.45, 7) is 9.30. The predicted molar refractivity (Wildman–Crippen MR) is 86.0 cm³/mol. The van der Waals surface area contributed by atoms with Gasteiger partial charge in [0.05, 0.1) is 0 Å². The van der Waals surface area contributed by atoms with Crippen molar-refractivity contribution in [3.05, 3.63) is 29.1 Å². The summed E-state index contributed by atoms with van der Waals surface area (Å²) in [6, 6.07) is 2.50. The summed E-state index contributed by atoms with van der Waals surface area (Å²) in [7, 11) is 0. The Balaban J connectivity index is 2.08. The van der Waals surface area contributed by atoms with E-state index in [1.807, 2.05) is 27.7 Å². The Bertz CT molecular complexity index is 611. The second-order valence-electron chi connectivity index (χ2n) is 7.45. The minimum Gasteiger partial charge on any atom is -0.483 e. The van der Waals surface area contributed by atoms with Gasteiger partial charge in [-0.1, -0.05) is 0 Å². The largest absolute Gasteiger partial charge is 0.483 e. The third-order valence-corrected chi connectivity index (χ3v) is 3.55. The van der Waals surface area contributed by atoms with Crippen molar-refractivity contribution >= 4 is 6.09 Å². The van der Waals surface area contributed by atoms with Crippen LogP contribution in [0.4, 0.5) is 9.18 Å². The minimum atomic E-state index is -0.727. The summed E-state index contributed by atoms with van der Waals surface area (Å²) >= 11 is 0. The number of carbonyl (C=O) groups is 1. The fraction of sp³-hybridized carbons (Fsp3) is 0.588. The van der Waals surface area contributed by atoms with Crippen LogP contribution >= 0.6 is 0 Å². The Hall–Kier alpha value is -1.82. The lowest BCUT2D eigenvalue weighted by molar-refractivity contribution is 0.0261. The molecule has 128 valence electrons. The topological polar surface area (TPSA) is 73.6 Å². The smallest absolute Gasteiger partial charge is 0.407 e. The van der Waals surface area contributed by atoms with E-state index in [2.05, 4.69) is 5.32 Å². The number of nitrogens with one attached hydrogen (secondary N) is 1. The van der Waals surface area contributed by atoms with Gasteiger partial charge >= 0.3 is 6.09 Å². The van der Waals surface area contributed by atoms with Gasteiger partial charge in [0.1, 0.15) is 23.8 Å². The van der Waals surface area contributed by atoms with E-state index in [0.717, 1.165) is 5.56 Å². The van der Waals surface area contributed by atoms with Crippen molar-refractivity contribution in [1.29, 1.82) is 0 Å². The highest BCUT2D eigenvalue weighted by Gasteiger charge is 2.38. The Kier molecular flexibility index (Phi) is 4.57. The van der Waals surface area contributed by atoms with E-state index in [1.54, 1.807) is 6.92 Å². The average molecular weight is 324 g/mol. The zero-order chi connectivity index (χ0) is 17.4. The SMILES string of the molecule is C[C@@H](N)c1cc(F)cc2c1OC(C)(COC(=O)NC(C)(C)C)C2. The van der Waals surface area contributed by atoms with Crippen molar-refractivity contribution in [2.24, 2.45) is 5.73 Å². The molecule has 23 heavy (non-hydrogen) atoms. The van der Waals surface area contributed by atoms with Gasteiger partial charge in [-0.15, -0.1) is 0 Å². The second-order valence-corrected chi connectivity index (χ2v) is 7.45. The molecule has 1 unspecified atom stereocenters. The molecular weight excluding hydrogens is 299 g/mol. The van der Waals surface area contributed by atoms with E-state index >= 15 is 0 Å². The Morgan fingerprint density at radius 1 is 1.52 bits per heavy atom. The number of fused-ring (bicyclic) bond motifs is 1. The first-order valence-corrected chi connectivity index (χ1v) is 7.71. The van der Waals surface area contributed by atoms with E-state index in [9.17, 15) is 9.18 Å². The minimum absolute atomic E-state index is 0.0730. The van der Waals surface area contributed by atoms with E-state index in [4.69, 9.17) is 15.2 Å². The molecule has 1 aliphatic heterocycles. The van der Waals surface area contributed by atoms with E-state index in [0.29, 0.717) is 17.7 Å². The molecule has 2 rings (SSSR count). The third kappa shape index (κ3) is 4.34. The van der Waals surface area contributed by atoms with Gasteiger partial charge in [0.15, 0.2) is 0 Å². The molecule has 0 spiro atoms. The number of ether oxygens (including phenoxy) is 2. The lowest BCUT2D eigenvalue weighted by atomic mass is 9.98. The molecule has 1 aromatic rings. The molecular formula is C17H25FN2O3. The molecule has 5 nitrogen and oxygen atoms in total. The molecule has 1 heterocycles. The number of rotatable bonds is 3. The van der Waals surface area contributed by atoms with Crippen LogP contribution in [0, 0.1) is 5.82 Å². The highest BCUT2D eigenvalue weighted by atomic mass is 19.1. The second kappa shape index (κ2) is 6.00. The molecule has 0 saturated heterocycles. The van der Waals surface area contributed by atoms with Gasteiger partial charge in [-0.05, 0) is 46.8 Å². The van der Waals surface area contributed by atoms with Crippen molar-refractivity contribution < 1.29 is 18.7 Å². The summed E-state index contributed by atoms with van der Waals surface area (Å²) < 4.78 is 25.0. The van der Waals surface area contributed by atoms with Crippen LogP contribution in [0.5, 0.6) is 5.75 Å². The van der Waals surface area contributed by atoms with Crippen LogP contribution in [0.3, 0.4) is 0 Å². The van der Waals surface area contributed by atoms with Crippen molar-refractivity contribution in [1.82, 2.24) is 5.32 Å². The summed E-state index contributed by atoms with van der Waals surface area (Å²) in [5.41, 5.74) is 6.17. The first-order valence-electron chi connectivity index (χ1n) is 7.71. The van der Waals surface area contributed by atoms with Gasteiger partial charge in [-0.25, -0.2) is 9.18 Å². The zero-order valence-corrected chi connectivity index (χ0v) is 14.3. The van der Waals surface area contributed by atoms with Crippen LogP contribution in [0.25, 0.3) is 0 Å². The van der Waals surface area contributed by atoms with Gasteiger partial charge in [0.2, 0.25) is 0 Å². The van der Waals surface area contributed by atoms with Crippen molar-refractivity contribution in [3.63, 3.8) is 0 Å². The lowest BCUT2D eigenvalue weighted by Crippen LogP contribution is -2.44. The Morgan fingerprint density at radius 2 is 2.17 bits per heavy atom. The number of nitrogens with two attached hydrogens (primary N) is 1. The standard InChI is InChI=1S/C17H25FN2O3/c1-10(19)13-7-12(18)6-11-8-17(5,23-14(11)13)9-22-15(21)20-16(2,3)4/h6-7,10H,8-9,19H2,1-5H3,(H,20,21)/t10-,17?/m1/s1. The van der Waals surface area contributed by atoms with Crippen LogP contribution < -0.4 is 15.8 Å². The summed E-state index contributed by atoms with van der Waals surface area (Å²) in [5.74, 6) is 0.263. The molecule has 2 atom stereocenters. The molecule has 1 aromatic carbocycles. The molecule has 0 bridgehead atoms. The fourth-order valence-corrected chi connectivity index (χ4v) is 2.59. The van der Waals surface area contributed by atoms with Gasteiger partial charge in [0.25, 0.3) is 0 Å². The highest BCUT2D eigenvalue weighted by Crippen LogP contribution is 2.40. The average Bonchev–Trinajstić information content (AvgIpc) is 2.70. The van der Waals surface area contributed by atoms with Gasteiger partial charge in [0, 0.05) is 29.1 Å². The predicted octanol–water partition coefficient (Wildman–Crippen LogP) is 3.06. The monoisotopic (exact) mass is 324 g/mol. The summed E-state index contributed by atoms with van der Waals surface area (Å²) in [4.78, 5) is 11.8. The molecule has 1 amide bonds. The van der Waals surface area contributed by atoms with Crippen LogP contribution in [-0.2, 0) is 11.2 Å². The molecule has 0 fully saturated rings. The number of hydrogen-bond donors (Lipinski definition) is 2. The van der Waals surface area contributed by atoms with E-state index in [1.165, 1.54) is 12.1 Å². The van der Waals surface area contributed by atoms with Crippen LogP contribution in [0.1, 0.15) is 51.8 Å². The van der Waals surface area contributed by atoms with Crippen molar-refractivity contribution in [2.45, 2.75) is 58.2 Å². The van der Waals surface area contributed by atoms with E-state index in [-0.39, 0.29) is 24.0 Å². The van der Waals surface area contributed by atoms with Crippen molar-refractivity contribution in [2.75, 3.05) is 6.61 Å². The maximum absolute atomic E-state index is 13.7. The molecule has 0 saturated carbocycles. The first-order chi connectivity index (χ1) is 10.5. The van der Waals surface area contributed by atoms with Gasteiger partial charge in [-0.2, -0.15) is 0 Å². The molecule has 1 aliphatic rings. The highest BCUT2D eigenvalue weighted by molar-refractivity contribution is 5.68. The number of carbonyl (C=O) groups excluding carboxylic acids is 1. The van der Waals surface area contributed by atoms with Gasteiger partial charge < -0.3 is 20.5 Å². The molecule has 6 heteroatoms. The van der Waals surface area contributed by atoms with Crippen LogP contribution in [-0.4, -0.2) is 23.8 Å². The normalized spacial score (nSPS) is 21.3. The molecule has 0 radical (unpaired) electrons. The maximum Gasteiger partial charge on any atom is 0.407 e. The Morgan fingerprint density at radius 3 is 2.74 bits per heavy atom. The maximum atomic E-state index is 13.7. The molecule has 3 N–H and O–H groups in total. The number of alkyl carbamates (subject to hydrolysis) is 1. The Labute approximate surface area is 136 Å². The van der Waals surface area contributed by atoms with E-state index < -0.39 is 11.7 Å². The molecule has 0 aliphatic carbocycles. The third-order valence-electron chi connectivity index (χ3n) is 3.55. The number of hydrogen-bond acceptors (Lipinski definition) is 4. The van der Waals surface area contributed by atoms with Crippen LogP contribution in [0.15, 0.2) is 12.1 Å².